The van der Waals surface area contributed by atoms with Crippen molar-refractivity contribution in [2.45, 2.75) is 19.8 Å². The Hall–Kier alpha value is -2.01. The largest absolute Gasteiger partial charge is 0.493 e. The van der Waals surface area contributed by atoms with Gasteiger partial charge >= 0.3 is 6.03 Å². The van der Waals surface area contributed by atoms with E-state index >= 15 is 0 Å². The van der Waals surface area contributed by atoms with Crippen LogP contribution in [-0.2, 0) is 6.42 Å². The fourth-order valence-corrected chi connectivity index (χ4v) is 2.70. The monoisotopic (exact) mass is 318 g/mol. The second-order valence-corrected chi connectivity index (χ2v) is 6.01. The number of para-hydroxylation sites is 1. The van der Waals surface area contributed by atoms with E-state index in [1.807, 2.05) is 42.6 Å². The molecule has 2 rings (SSSR count). The van der Waals surface area contributed by atoms with Crippen molar-refractivity contribution in [3.05, 3.63) is 52.2 Å². The number of ether oxygens (including phenoxy) is 1. The SMILES string of the molecule is Cc1ccccc1OCCCNC(=O)NCCc1cccs1. The van der Waals surface area contributed by atoms with Gasteiger partial charge in [0.05, 0.1) is 6.61 Å². The van der Waals surface area contributed by atoms with Crippen LogP contribution in [0.15, 0.2) is 41.8 Å². The second kappa shape index (κ2) is 9.10. The molecular formula is C17H22N2O2S. The van der Waals surface area contributed by atoms with Gasteiger partial charge in [-0.25, -0.2) is 4.79 Å². The van der Waals surface area contributed by atoms with Gasteiger partial charge in [0.2, 0.25) is 0 Å². The van der Waals surface area contributed by atoms with Gasteiger partial charge in [-0.05, 0) is 42.8 Å². The molecule has 1 aromatic carbocycles. The first-order chi connectivity index (χ1) is 10.8. The highest BCUT2D eigenvalue weighted by Crippen LogP contribution is 2.15. The van der Waals surface area contributed by atoms with Gasteiger partial charge in [-0.1, -0.05) is 24.3 Å². The summed E-state index contributed by atoms with van der Waals surface area (Å²) >= 11 is 1.71. The molecule has 0 aliphatic heterocycles. The van der Waals surface area contributed by atoms with E-state index in [1.54, 1.807) is 11.3 Å². The number of aryl methyl sites for hydroxylation is 1. The highest BCUT2D eigenvalue weighted by atomic mass is 32.1. The van der Waals surface area contributed by atoms with Crippen molar-refractivity contribution < 1.29 is 9.53 Å². The zero-order chi connectivity index (χ0) is 15.6. The molecule has 0 aliphatic carbocycles. The molecule has 5 heteroatoms. The maximum atomic E-state index is 11.6. The summed E-state index contributed by atoms with van der Waals surface area (Å²) in [5, 5.41) is 7.74. The molecule has 1 heterocycles. The molecule has 22 heavy (non-hydrogen) atoms. The summed E-state index contributed by atoms with van der Waals surface area (Å²) in [5.74, 6) is 0.905. The molecule has 2 N–H and O–H groups in total. The number of rotatable bonds is 8. The topological polar surface area (TPSA) is 50.4 Å². The molecule has 0 saturated carbocycles. The van der Waals surface area contributed by atoms with Gasteiger partial charge in [0, 0.05) is 18.0 Å². The maximum Gasteiger partial charge on any atom is 0.314 e. The molecule has 0 fully saturated rings. The molecule has 0 atom stereocenters. The first-order valence-corrected chi connectivity index (χ1v) is 8.36. The highest BCUT2D eigenvalue weighted by Gasteiger charge is 2.01. The normalized spacial score (nSPS) is 10.2. The van der Waals surface area contributed by atoms with Crippen LogP contribution in [0.3, 0.4) is 0 Å². The van der Waals surface area contributed by atoms with Crippen LogP contribution in [0.1, 0.15) is 16.9 Å². The number of benzene rings is 1. The number of amides is 2. The van der Waals surface area contributed by atoms with Gasteiger partial charge in [0.1, 0.15) is 5.75 Å². The third-order valence-corrected chi connectivity index (χ3v) is 4.13. The van der Waals surface area contributed by atoms with E-state index in [0.717, 1.165) is 24.2 Å². The first-order valence-electron chi connectivity index (χ1n) is 7.48. The Labute approximate surface area is 135 Å². The summed E-state index contributed by atoms with van der Waals surface area (Å²) in [7, 11) is 0. The summed E-state index contributed by atoms with van der Waals surface area (Å²) in [4.78, 5) is 12.9. The van der Waals surface area contributed by atoms with E-state index < -0.39 is 0 Å². The quantitative estimate of drug-likeness (QED) is 0.733. The zero-order valence-electron chi connectivity index (χ0n) is 12.8. The molecule has 2 aromatic rings. The lowest BCUT2D eigenvalue weighted by Crippen LogP contribution is -2.37. The van der Waals surface area contributed by atoms with Crippen molar-refractivity contribution in [3.63, 3.8) is 0 Å². The van der Waals surface area contributed by atoms with E-state index in [9.17, 15) is 4.79 Å². The number of hydrogen-bond donors (Lipinski definition) is 2. The molecule has 4 nitrogen and oxygen atoms in total. The van der Waals surface area contributed by atoms with Gasteiger partial charge < -0.3 is 15.4 Å². The van der Waals surface area contributed by atoms with Crippen LogP contribution in [0.2, 0.25) is 0 Å². The molecule has 1 aromatic heterocycles. The van der Waals surface area contributed by atoms with E-state index in [1.165, 1.54) is 4.88 Å². The van der Waals surface area contributed by atoms with Crippen LogP contribution in [0.25, 0.3) is 0 Å². The van der Waals surface area contributed by atoms with Crippen LogP contribution >= 0.6 is 11.3 Å². The molecule has 0 unspecified atom stereocenters. The van der Waals surface area contributed by atoms with Crippen molar-refractivity contribution in [1.82, 2.24) is 10.6 Å². The second-order valence-electron chi connectivity index (χ2n) is 4.98. The fraction of sp³-hybridized carbons (Fsp3) is 0.353. The van der Waals surface area contributed by atoms with E-state index in [0.29, 0.717) is 19.7 Å². The van der Waals surface area contributed by atoms with Gasteiger partial charge in [-0.15, -0.1) is 11.3 Å². The standard InChI is InChI=1S/C17H22N2O2S/c1-14-6-2-3-8-16(14)21-12-5-10-18-17(20)19-11-9-15-7-4-13-22-15/h2-4,6-8,13H,5,9-12H2,1H3,(H2,18,19,20). The van der Waals surface area contributed by atoms with E-state index in [2.05, 4.69) is 16.7 Å². The summed E-state index contributed by atoms with van der Waals surface area (Å²) in [6.45, 7) is 3.89. The first kappa shape index (κ1) is 16.4. The van der Waals surface area contributed by atoms with Gasteiger partial charge in [0.25, 0.3) is 0 Å². The maximum absolute atomic E-state index is 11.6. The Kier molecular flexibility index (Phi) is 6.77. The average molecular weight is 318 g/mol. The molecular weight excluding hydrogens is 296 g/mol. The Morgan fingerprint density at radius 1 is 1.14 bits per heavy atom. The minimum Gasteiger partial charge on any atom is -0.493 e. The van der Waals surface area contributed by atoms with Crippen LogP contribution in [-0.4, -0.2) is 25.7 Å². The van der Waals surface area contributed by atoms with Crippen LogP contribution in [0, 0.1) is 6.92 Å². The summed E-state index contributed by atoms with van der Waals surface area (Å²) < 4.78 is 5.68. The van der Waals surface area contributed by atoms with Crippen molar-refractivity contribution in [2.75, 3.05) is 19.7 Å². The lowest BCUT2D eigenvalue weighted by atomic mass is 10.2. The summed E-state index contributed by atoms with van der Waals surface area (Å²) in [6, 6.07) is 11.9. The van der Waals surface area contributed by atoms with Gasteiger partial charge in [-0.2, -0.15) is 0 Å². The van der Waals surface area contributed by atoms with Gasteiger partial charge in [-0.3, -0.25) is 0 Å². The van der Waals surface area contributed by atoms with Crippen molar-refractivity contribution in [2.24, 2.45) is 0 Å². The Morgan fingerprint density at radius 2 is 1.95 bits per heavy atom. The summed E-state index contributed by atoms with van der Waals surface area (Å²) in [5.41, 5.74) is 1.13. The number of carbonyl (C=O) groups excluding carboxylic acids is 1. The predicted molar refractivity (Wildman–Crippen MR) is 90.7 cm³/mol. The molecule has 118 valence electrons. The Morgan fingerprint density at radius 3 is 2.73 bits per heavy atom. The molecule has 0 saturated heterocycles. The Bertz CT molecular complexity index is 570. The predicted octanol–water partition coefficient (Wildman–Crippen LogP) is 3.37. The Balaban J connectivity index is 1.51. The van der Waals surface area contributed by atoms with Crippen LogP contribution < -0.4 is 15.4 Å². The molecule has 0 bridgehead atoms. The van der Waals surface area contributed by atoms with E-state index in [-0.39, 0.29) is 6.03 Å². The fourth-order valence-electron chi connectivity index (χ4n) is 1.99. The van der Waals surface area contributed by atoms with Crippen molar-refractivity contribution in [3.8, 4) is 5.75 Å². The molecule has 2 amide bonds. The molecule has 0 spiro atoms. The minimum atomic E-state index is -0.118. The number of urea groups is 1. The van der Waals surface area contributed by atoms with Crippen LogP contribution in [0.4, 0.5) is 4.79 Å². The summed E-state index contributed by atoms with van der Waals surface area (Å²) in [6.07, 6.45) is 1.66. The minimum absolute atomic E-state index is 0.118. The number of nitrogens with one attached hydrogen (secondary N) is 2. The van der Waals surface area contributed by atoms with E-state index in [4.69, 9.17) is 4.74 Å². The lowest BCUT2D eigenvalue weighted by molar-refractivity contribution is 0.239. The smallest absolute Gasteiger partial charge is 0.314 e. The number of thiophene rings is 1. The third-order valence-electron chi connectivity index (χ3n) is 3.19. The molecule has 0 radical (unpaired) electrons. The number of carbonyl (C=O) groups is 1. The lowest BCUT2D eigenvalue weighted by Gasteiger charge is -2.10. The van der Waals surface area contributed by atoms with Gasteiger partial charge in [0.15, 0.2) is 0 Å². The number of hydrogen-bond acceptors (Lipinski definition) is 3. The van der Waals surface area contributed by atoms with Crippen molar-refractivity contribution in [1.29, 1.82) is 0 Å². The average Bonchev–Trinajstić information content (AvgIpc) is 3.02. The zero-order valence-corrected chi connectivity index (χ0v) is 13.6. The third kappa shape index (κ3) is 5.77. The molecule has 0 aliphatic rings. The van der Waals surface area contributed by atoms with Crippen LogP contribution in [0.5, 0.6) is 5.75 Å². The highest BCUT2D eigenvalue weighted by molar-refractivity contribution is 7.09. The van der Waals surface area contributed by atoms with Crippen molar-refractivity contribution >= 4 is 17.4 Å².